The molecule has 2 N–H and O–H groups in total. The van der Waals surface area contributed by atoms with E-state index < -0.39 is 0 Å². The lowest BCUT2D eigenvalue weighted by Gasteiger charge is -1.97. The van der Waals surface area contributed by atoms with Gasteiger partial charge in [0.15, 0.2) is 0 Å². The Bertz CT molecular complexity index is 450. The average Bonchev–Trinajstić information content (AvgIpc) is 2.70. The molecular formula is C12H13FN2S. The lowest BCUT2D eigenvalue weighted by atomic mass is 10.2. The molecule has 1 heterocycles. The van der Waals surface area contributed by atoms with Crippen molar-refractivity contribution in [3.63, 3.8) is 0 Å². The number of benzene rings is 1. The van der Waals surface area contributed by atoms with Crippen molar-refractivity contribution in [3.05, 3.63) is 51.7 Å². The number of thiazole rings is 1. The minimum Gasteiger partial charge on any atom is -0.330 e. The number of nitrogens with zero attached hydrogens (tertiary/aromatic N) is 1. The molecule has 0 saturated heterocycles. The van der Waals surface area contributed by atoms with Crippen molar-refractivity contribution in [3.8, 4) is 0 Å². The van der Waals surface area contributed by atoms with Crippen LogP contribution in [0, 0.1) is 5.82 Å². The summed E-state index contributed by atoms with van der Waals surface area (Å²) in [4.78, 5) is 5.53. The summed E-state index contributed by atoms with van der Waals surface area (Å²) < 4.78 is 12.7. The van der Waals surface area contributed by atoms with Crippen LogP contribution in [0.2, 0.25) is 0 Å². The van der Waals surface area contributed by atoms with E-state index in [2.05, 4.69) is 4.98 Å². The molecule has 2 nitrogen and oxygen atoms in total. The molecule has 0 fully saturated rings. The molecule has 0 aliphatic rings. The van der Waals surface area contributed by atoms with Crippen molar-refractivity contribution in [2.45, 2.75) is 12.8 Å². The Labute approximate surface area is 97.9 Å². The van der Waals surface area contributed by atoms with Gasteiger partial charge >= 0.3 is 0 Å². The molecule has 84 valence electrons. The molecule has 0 saturated carbocycles. The predicted octanol–water partition coefficient (Wildman–Crippen LogP) is 2.37. The average molecular weight is 236 g/mol. The number of halogens is 1. The van der Waals surface area contributed by atoms with Gasteiger partial charge in [-0.05, 0) is 30.7 Å². The van der Waals surface area contributed by atoms with E-state index in [4.69, 9.17) is 5.73 Å². The van der Waals surface area contributed by atoms with Gasteiger partial charge in [-0.2, -0.15) is 0 Å². The number of nitrogens with two attached hydrogens (primary N) is 1. The summed E-state index contributed by atoms with van der Waals surface area (Å²) in [5.74, 6) is -0.202. The highest BCUT2D eigenvalue weighted by molar-refractivity contribution is 7.11. The van der Waals surface area contributed by atoms with E-state index in [1.807, 2.05) is 6.20 Å². The molecule has 0 atom stereocenters. The molecule has 1 aromatic heterocycles. The van der Waals surface area contributed by atoms with E-state index in [0.717, 1.165) is 23.4 Å². The molecule has 0 unspecified atom stereocenters. The molecule has 2 rings (SSSR count). The van der Waals surface area contributed by atoms with E-state index in [9.17, 15) is 4.39 Å². The second kappa shape index (κ2) is 5.18. The first kappa shape index (κ1) is 11.2. The zero-order valence-electron chi connectivity index (χ0n) is 8.82. The standard InChI is InChI=1S/C12H13FN2S/c13-10-3-1-9(2-4-10)7-12-15-8-11(16-12)5-6-14/h1-4,8H,5-7,14H2. The zero-order valence-corrected chi connectivity index (χ0v) is 9.64. The summed E-state index contributed by atoms with van der Waals surface area (Å²) in [7, 11) is 0. The molecule has 4 heteroatoms. The van der Waals surface area contributed by atoms with E-state index in [1.165, 1.54) is 17.0 Å². The topological polar surface area (TPSA) is 38.9 Å². The Kier molecular flexibility index (Phi) is 3.64. The summed E-state index contributed by atoms with van der Waals surface area (Å²) in [5.41, 5.74) is 6.55. The first-order chi connectivity index (χ1) is 7.78. The van der Waals surface area contributed by atoms with Gasteiger partial charge in [0.2, 0.25) is 0 Å². The van der Waals surface area contributed by atoms with Gasteiger partial charge in [0.1, 0.15) is 5.82 Å². The van der Waals surface area contributed by atoms with Gasteiger partial charge in [0.05, 0.1) is 5.01 Å². The summed E-state index contributed by atoms with van der Waals surface area (Å²) in [5, 5.41) is 1.05. The van der Waals surface area contributed by atoms with Crippen LogP contribution in [0.1, 0.15) is 15.4 Å². The Morgan fingerprint density at radius 1 is 1.25 bits per heavy atom. The highest BCUT2D eigenvalue weighted by atomic mass is 32.1. The van der Waals surface area contributed by atoms with Crippen molar-refractivity contribution in [2.24, 2.45) is 5.73 Å². The fraction of sp³-hybridized carbons (Fsp3) is 0.250. The third kappa shape index (κ3) is 2.87. The summed E-state index contributed by atoms with van der Waals surface area (Å²) in [6, 6.07) is 6.53. The smallest absolute Gasteiger partial charge is 0.123 e. The first-order valence-electron chi connectivity index (χ1n) is 5.16. The fourth-order valence-electron chi connectivity index (χ4n) is 1.46. The second-order valence-electron chi connectivity index (χ2n) is 3.56. The van der Waals surface area contributed by atoms with Gasteiger partial charge in [0, 0.05) is 17.5 Å². The minimum absolute atomic E-state index is 0.202. The van der Waals surface area contributed by atoms with Crippen LogP contribution in [0.4, 0.5) is 4.39 Å². The van der Waals surface area contributed by atoms with E-state index in [-0.39, 0.29) is 5.82 Å². The van der Waals surface area contributed by atoms with E-state index in [1.54, 1.807) is 23.5 Å². The zero-order chi connectivity index (χ0) is 11.4. The van der Waals surface area contributed by atoms with Crippen LogP contribution in [-0.4, -0.2) is 11.5 Å². The molecular weight excluding hydrogens is 223 g/mol. The first-order valence-corrected chi connectivity index (χ1v) is 5.97. The SMILES string of the molecule is NCCc1cnc(Cc2ccc(F)cc2)s1. The normalized spacial score (nSPS) is 10.6. The minimum atomic E-state index is -0.202. The lowest BCUT2D eigenvalue weighted by molar-refractivity contribution is 0.627. The molecule has 0 spiro atoms. The lowest BCUT2D eigenvalue weighted by Crippen LogP contribution is -2.00. The third-order valence-corrected chi connectivity index (χ3v) is 3.32. The largest absolute Gasteiger partial charge is 0.330 e. The Morgan fingerprint density at radius 3 is 2.69 bits per heavy atom. The summed E-state index contributed by atoms with van der Waals surface area (Å²) in [6.07, 6.45) is 3.51. The third-order valence-electron chi connectivity index (χ3n) is 2.26. The predicted molar refractivity (Wildman–Crippen MR) is 64.1 cm³/mol. The molecule has 2 aromatic rings. The van der Waals surface area contributed by atoms with Crippen LogP contribution >= 0.6 is 11.3 Å². The number of aromatic nitrogens is 1. The maximum Gasteiger partial charge on any atom is 0.123 e. The van der Waals surface area contributed by atoms with Crippen molar-refractivity contribution in [1.29, 1.82) is 0 Å². The highest BCUT2D eigenvalue weighted by Crippen LogP contribution is 2.17. The van der Waals surface area contributed by atoms with Gasteiger partial charge in [-0.3, -0.25) is 0 Å². The number of hydrogen-bond donors (Lipinski definition) is 1. The van der Waals surface area contributed by atoms with Crippen LogP contribution in [0.3, 0.4) is 0 Å². The van der Waals surface area contributed by atoms with Crippen molar-refractivity contribution in [2.75, 3.05) is 6.54 Å². The Balaban J connectivity index is 2.05. The monoisotopic (exact) mass is 236 g/mol. The number of hydrogen-bond acceptors (Lipinski definition) is 3. The summed E-state index contributed by atoms with van der Waals surface area (Å²) >= 11 is 1.67. The van der Waals surface area contributed by atoms with Crippen molar-refractivity contribution in [1.82, 2.24) is 4.98 Å². The highest BCUT2D eigenvalue weighted by Gasteiger charge is 2.02. The molecule has 0 amide bonds. The van der Waals surface area contributed by atoms with Crippen LogP contribution in [-0.2, 0) is 12.8 Å². The summed E-state index contributed by atoms with van der Waals surface area (Å²) in [6.45, 7) is 0.651. The van der Waals surface area contributed by atoms with Gasteiger partial charge in [-0.1, -0.05) is 12.1 Å². The Morgan fingerprint density at radius 2 is 2.00 bits per heavy atom. The molecule has 0 radical (unpaired) electrons. The van der Waals surface area contributed by atoms with Gasteiger partial charge in [-0.25, -0.2) is 9.37 Å². The molecule has 0 aliphatic heterocycles. The van der Waals surface area contributed by atoms with E-state index >= 15 is 0 Å². The van der Waals surface area contributed by atoms with Gasteiger partial charge in [-0.15, -0.1) is 11.3 Å². The maximum atomic E-state index is 12.7. The quantitative estimate of drug-likeness (QED) is 0.885. The molecule has 16 heavy (non-hydrogen) atoms. The van der Waals surface area contributed by atoms with Crippen LogP contribution in [0.15, 0.2) is 30.5 Å². The van der Waals surface area contributed by atoms with Crippen LogP contribution < -0.4 is 5.73 Å². The van der Waals surface area contributed by atoms with Crippen molar-refractivity contribution >= 4 is 11.3 Å². The van der Waals surface area contributed by atoms with Crippen LogP contribution in [0.5, 0.6) is 0 Å². The van der Waals surface area contributed by atoms with Crippen molar-refractivity contribution < 1.29 is 4.39 Å². The van der Waals surface area contributed by atoms with Gasteiger partial charge in [0.25, 0.3) is 0 Å². The molecule has 0 bridgehead atoms. The fourth-order valence-corrected chi connectivity index (χ4v) is 2.44. The van der Waals surface area contributed by atoms with Gasteiger partial charge < -0.3 is 5.73 Å². The number of rotatable bonds is 4. The van der Waals surface area contributed by atoms with E-state index in [0.29, 0.717) is 6.54 Å². The molecule has 0 aliphatic carbocycles. The second-order valence-corrected chi connectivity index (χ2v) is 4.76. The molecule has 1 aromatic carbocycles. The van der Waals surface area contributed by atoms with Crippen LogP contribution in [0.25, 0.3) is 0 Å². The Hall–Kier alpha value is -1.26. The maximum absolute atomic E-state index is 12.7.